The van der Waals surface area contributed by atoms with Gasteiger partial charge in [0.25, 0.3) is 5.56 Å². The van der Waals surface area contributed by atoms with Crippen molar-refractivity contribution in [3.05, 3.63) is 31.8 Å². The molecule has 0 atom stereocenters. The van der Waals surface area contributed by atoms with Crippen molar-refractivity contribution in [3.63, 3.8) is 0 Å². The summed E-state index contributed by atoms with van der Waals surface area (Å²) < 4.78 is 8.10. The molecular weight excluding hydrogens is 288 g/mol. The van der Waals surface area contributed by atoms with E-state index in [0.29, 0.717) is 25.1 Å². The van der Waals surface area contributed by atoms with Crippen molar-refractivity contribution in [2.45, 2.75) is 40.8 Å². The SMILES string of the molecule is COCCn1c(=O)n(CC(C)(C)C)c(=O)c2c(C)csc21. The zero-order valence-corrected chi connectivity index (χ0v) is 14.0. The van der Waals surface area contributed by atoms with Gasteiger partial charge in [0.15, 0.2) is 0 Å². The number of nitrogens with zero attached hydrogens (tertiary/aromatic N) is 2. The van der Waals surface area contributed by atoms with Gasteiger partial charge in [-0.1, -0.05) is 20.8 Å². The number of hydrogen-bond acceptors (Lipinski definition) is 4. The van der Waals surface area contributed by atoms with Gasteiger partial charge >= 0.3 is 5.69 Å². The Labute approximate surface area is 127 Å². The molecule has 2 rings (SSSR count). The Morgan fingerprint density at radius 1 is 1.24 bits per heavy atom. The molecule has 0 N–H and O–H groups in total. The van der Waals surface area contributed by atoms with Gasteiger partial charge in [0.1, 0.15) is 4.83 Å². The fourth-order valence-electron chi connectivity index (χ4n) is 2.34. The van der Waals surface area contributed by atoms with Crippen LogP contribution in [0.1, 0.15) is 26.3 Å². The number of ether oxygens (including phenoxy) is 1. The summed E-state index contributed by atoms with van der Waals surface area (Å²) in [5.74, 6) is 0. The van der Waals surface area contributed by atoms with E-state index in [1.807, 2.05) is 33.1 Å². The third-order valence-electron chi connectivity index (χ3n) is 3.27. The molecule has 0 aliphatic heterocycles. The molecule has 6 heteroatoms. The molecule has 0 bridgehead atoms. The van der Waals surface area contributed by atoms with Crippen molar-refractivity contribution >= 4 is 21.6 Å². The monoisotopic (exact) mass is 310 g/mol. The van der Waals surface area contributed by atoms with Crippen LogP contribution >= 0.6 is 11.3 Å². The molecule has 0 saturated heterocycles. The van der Waals surface area contributed by atoms with Crippen molar-refractivity contribution in [1.29, 1.82) is 0 Å². The van der Waals surface area contributed by atoms with Crippen LogP contribution in [0.3, 0.4) is 0 Å². The molecular formula is C15H22N2O3S. The van der Waals surface area contributed by atoms with Crippen LogP contribution in [0.15, 0.2) is 15.0 Å². The highest BCUT2D eigenvalue weighted by Gasteiger charge is 2.20. The van der Waals surface area contributed by atoms with Crippen LogP contribution in [0, 0.1) is 12.3 Å². The molecule has 0 spiro atoms. The molecule has 2 aromatic rings. The molecule has 0 aliphatic carbocycles. The predicted molar refractivity (Wildman–Crippen MR) is 86.4 cm³/mol. The first-order valence-corrected chi connectivity index (χ1v) is 7.84. The first kappa shape index (κ1) is 16.0. The maximum atomic E-state index is 12.7. The molecule has 0 aromatic carbocycles. The van der Waals surface area contributed by atoms with E-state index in [-0.39, 0.29) is 16.7 Å². The van der Waals surface area contributed by atoms with Crippen LogP contribution in [-0.4, -0.2) is 22.9 Å². The Bertz CT molecular complexity index is 762. The fraction of sp³-hybridized carbons (Fsp3) is 0.600. The predicted octanol–water partition coefficient (Wildman–Crippen LogP) is 2.23. The van der Waals surface area contributed by atoms with E-state index in [0.717, 1.165) is 10.4 Å². The lowest BCUT2D eigenvalue weighted by atomic mass is 9.97. The Kier molecular flexibility index (Phi) is 4.39. The van der Waals surface area contributed by atoms with Crippen LogP contribution < -0.4 is 11.2 Å². The van der Waals surface area contributed by atoms with Gasteiger partial charge in [-0.3, -0.25) is 13.9 Å². The quantitative estimate of drug-likeness (QED) is 0.870. The lowest BCUT2D eigenvalue weighted by molar-refractivity contribution is 0.186. The van der Waals surface area contributed by atoms with E-state index in [1.54, 1.807) is 11.7 Å². The Hall–Kier alpha value is -1.40. The van der Waals surface area contributed by atoms with E-state index < -0.39 is 0 Å². The fourth-order valence-corrected chi connectivity index (χ4v) is 3.41. The lowest BCUT2D eigenvalue weighted by Gasteiger charge is -2.20. The third-order valence-corrected chi connectivity index (χ3v) is 4.39. The number of fused-ring (bicyclic) bond motifs is 1. The Morgan fingerprint density at radius 2 is 1.90 bits per heavy atom. The molecule has 0 aliphatic rings. The summed E-state index contributed by atoms with van der Waals surface area (Å²) in [4.78, 5) is 26.1. The highest BCUT2D eigenvalue weighted by molar-refractivity contribution is 7.17. The van der Waals surface area contributed by atoms with Gasteiger partial charge in [0.05, 0.1) is 18.5 Å². The third kappa shape index (κ3) is 3.11. The number of methoxy groups -OCH3 is 1. The molecule has 0 amide bonds. The molecule has 21 heavy (non-hydrogen) atoms. The lowest BCUT2D eigenvalue weighted by Crippen LogP contribution is -2.42. The summed E-state index contributed by atoms with van der Waals surface area (Å²) in [6.07, 6.45) is 0. The van der Waals surface area contributed by atoms with Gasteiger partial charge in [-0.15, -0.1) is 11.3 Å². The van der Waals surface area contributed by atoms with Crippen molar-refractivity contribution in [2.75, 3.05) is 13.7 Å². The van der Waals surface area contributed by atoms with E-state index in [4.69, 9.17) is 4.74 Å². The second-order valence-corrected chi connectivity index (χ2v) is 7.34. The largest absolute Gasteiger partial charge is 0.383 e. The molecule has 0 radical (unpaired) electrons. The van der Waals surface area contributed by atoms with Gasteiger partial charge in [-0.2, -0.15) is 0 Å². The molecule has 0 fully saturated rings. The minimum Gasteiger partial charge on any atom is -0.383 e. The minimum absolute atomic E-state index is 0.139. The number of aromatic nitrogens is 2. The maximum absolute atomic E-state index is 12.7. The maximum Gasteiger partial charge on any atom is 0.332 e. The molecule has 2 heterocycles. The van der Waals surface area contributed by atoms with Crippen LogP contribution in [-0.2, 0) is 17.8 Å². The van der Waals surface area contributed by atoms with Gasteiger partial charge in [0, 0.05) is 13.7 Å². The normalized spacial score (nSPS) is 12.2. The topological polar surface area (TPSA) is 53.2 Å². The van der Waals surface area contributed by atoms with Gasteiger partial charge in [-0.05, 0) is 23.3 Å². The van der Waals surface area contributed by atoms with Crippen molar-refractivity contribution in [3.8, 4) is 0 Å². The van der Waals surface area contributed by atoms with Crippen molar-refractivity contribution < 1.29 is 4.74 Å². The smallest absolute Gasteiger partial charge is 0.332 e. The molecule has 0 saturated carbocycles. The Balaban J connectivity index is 2.76. The molecule has 0 unspecified atom stereocenters. The second-order valence-electron chi connectivity index (χ2n) is 6.48. The molecule has 5 nitrogen and oxygen atoms in total. The summed E-state index contributed by atoms with van der Waals surface area (Å²) in [5, 5.41) is 2.58. The number of rotatable bonds is 4. The highest BCUT2D eigenvalue weighted by Crippen LogP contribution is 2.22. The van der Waals surface area contributed by atoms with Crippen LogP contribution in [0.2, 0.25) is 0 Å². The van der Waals surface area contributed by atoms with Crippen LogP contribution in [0.25, 0.3) is 10.2 Å². The van der Waals surface area contributed by atoms with Gasteiger partial charge < -0.3 is 4.74 Å². The minimum atomic E-state index is -0.249. The van der Waals surface area contributed by atoms with Gasteiger partial charge in [0.2, 0.25) is 0 Å². The van der Waals surface area contributed by atoms with Crippen LogP contribution in [0.5, 0.6) is 0 Å². The summed E-state index contributed by atoms with van der Waals surface area (Å²) in [7, 11) is 1.60. The van der Waals surface area contributed by atoms with E-state index in [2.05, 4.69) is 0 Å². The van der Waals surface area contributed by atoms with Gasteiger partial charge in [-0.25, -0.2) is 4.79 Å². The van der Waals surface area contributed by atoms with Crippen molar-refractivity contribution in [2.24, 2.45) is 5.41 Å². The molecule has 116 valence electrons. The van der Waals surface area contributed by atoms with Crippen molar-refractivity contribution in [1.82, 2.24) is 9.13 Å². The second kappa shape index (κ2) is 5.77. The van der Waals surface area contributed by atoms with E-state index >= 15 is 0 Å². The summed E-state index contributed by atoms with van der Waals surface area (Å²) in [5.41, 5.74) is 0.354. The van der Waals surface area contributed by atoms with E-state index in [1.165, 1.54) is 15.9 Å². The van der Waals surface area contributed by atoms with Crippen LogP contribution in [0.4, 0.5) is 0 Å². The zero-order valence-electron chi connectivity index (χ0n) is 13.2. The average molecular weight is 310 g/mol. The first-order valence-electron chi connectivity index (χ1n) is 6.96. The highest BCUT2D eigenvalue weighted by atomic mass is 32.1. The molecule has 2 aromatic heterocycles. The standard InChI is InChI=1S/C15H22N2O3S/c1-10-8-21-13-11(10)12(18)17(9-15(2,3)4)14(19)16(13)6-7-20-5/h8H,6-7,9H2,1-5H3. The first-order chi connectivity index (χ1) is 9.76. The average Bonchev–Trinajstić information content (AvgIpc) is 2.75. The van der Waals surface area contributed by atoms with E-state index in [9.17, 15) is 9.59 Å². The number of aryl methyl sites for hydroxylation is 1. The Morgan fingerprint density at radius 3 is 2.48 bits per heavy atom. The number of thiophene rings is 1. The summed E-state index contributed by atoms with van der Waals surface area (Å²) in [6.45, 7) is 9.26. The summed E-state index contributed by atoms with van der Waals surface area (Å²) >= 11 is 1.44. The number of hydrogen-bond donors (Lipinski definition) is 0. The zero-order chi connectivity index (χ0) is 15.8. The summed E-state index contributed by atoms with van der Waals surface area (Å²) in [6, 6.07) is 0.